The van der Waals surface area contributed by atoms with Crippen molar-refractivity contribution in [2.24, 2.45) is 0 Å². The maximum absolute atomic E-state index is 5.81. The van der Waals surface area contributed by atoms with E-state index in [0.29, 0.717) is 23.3 Å². The molecule has 0 aliphatic rings. The van der Waals surface area contributed by atoms with Crippen molar-refractivity contribution >= 4 is 23.1 Å². The van der Waals surface area contributed by atoms with Gasteiger partial charge in [-0.3, -0.25) is 0 Å². The van der Waals surface area contributed by atoms with Crippen molar-refractivity contribution in [3.8, 4) is 11.5 Å². The number of rotatable bonds is 6. The Bertz CT molecular complexity index is 706. The molecule has 0 radical (unpaired) electrons. The van der Waals surface area contributed by atoms with Gasteiger partial charge in [-0.05, 0) is 68.4 Å². The van der Waals surface area contributed by atoms with E-state index in [-0.39, 0.29) is 6.04 Å². The van der Waals surface area contributed by atoms with E-state index in [0.717, 1.165) is 5.75 Å². The first-order valence-electron chi connectivity index (χ1n) is 7.76. The number of aryl methyl sites for hydroxylation is 2. The molecule has 2 aromatic rings. The van der Waals surface area contributed by atoms with Gasteiger partial charge in [0.05, 0.1) is 13.2 Å². The van der Waals surface area contributed by atoms with Crippen LogP contribution in [0.2, 0.25) is 0 Å². The lowest BCUT2D eigenvalue weighted by Gasteiger charge is -2.18. The number of benzene rings is 1. The van der Waals surface area contributed by atoms with Gasteiger partial charge in [-0.1, -0.05) is 6.07 Å². The molecule has 2 rings (SSSR count). The number of ether oxygens (including phenoxy) is 2. The summed E-state index contributed by atoms with van der Waals surface area (Å²) in [7, 11) is 1.60. The monoisotopic (exact) mass is 345 g/mol. The number of methoxy groups -OCH3 is 1. The largest absolute Gasteiger partial charge is 0.493 e. The van der Waals surface area contributed by atoms with Crippen LogP contribution in [0.5, 0.6) is 11.5 Å². The lowest BCUT2D eigenvalue weighted by atomic mass is 10.1. The Morgan fingerprint density at radius 2 is 2.04 bits per heavy atom. The Morgan fingerprint density at radius 3 is 2.75 bits per heavy atom. The highest BCUT2D eigenvalue weighted by atomic mass is 32.1. The van der Waals surface area contributed by atoms with Crippen LogP contribution in [-0.2, 0) is 0 Å². The molecule has 1 atom stereocenters. The fourth-order valence-corrected chi connectivity index (χ4v) is 2.38. The third-order valence-electron chi connectivity index (χ3n) is 3.58. The minimum Gasteiger partial charge on any atom is -0.493 e. The Balaban J connectivity index is 1.84. The molecule has 0 spiro atoms. The van der Waals surface area contributed by atoms with Crippen LogP contribution in [0.1, 0.15) is 18.1 Å². The van der Waals surface area contributed by atoms with Gasteiger partial charge in [-0.15, -0.1) is 0 Å². The molecule has 6 heteroatoms. The van der Waals surface area contributed by atoms with Gasteiger partial charge in [0.15, 0.2) is 16.7 Å². The lowest BCUT2D eigenvalue weighted by molar-refractivity contribution is 0.286. The molecule has 0 amide bonds. The fourth-order valence-electron chi connectivity index (χ4n) is 2.08. The van der Waals surface area contributed by atoms with Crippen LogP contribution in [-0.4, -0.2) is 29.9 Å². The van der Waals surface area contributed by atoms with Crippen molar-refractivity contribution in [1.82, 2.24) is 10.3 Å². The van der Waals surface area contributed by atoms with Crippen LogP contribution in [0.25, 0.3) is 0 Å². The van der Waals surface area contributed by atoms with Gasteiger partial charge in [0.2, 0.25) is 0 Å². The van der Waals surface area contributed by atoms with E-state index >= 15 is 0 Å². The van der Waals surface area contributed by atoms with Crippen molar-refractivity contribution < 1.29 is 9.47 Å². The van der Waals surface area contributed by atoms with Crippen LogP contribution in [0.4, 0.5) is 5.82 Å². The smallest absolute Gasteiger partial charge is 0.174 e. The van der Waals surface area contributed by atoms with E-state index in [1.54, 1.807) is 19.4 Å². The highest BCUT2D eigenvalue weighted by molar-refractivity contribution is 7.80. The molecule has 2 N–H and O–H groups in total. The van der Waals surface area contributed by atoms with Gasteiger partial charge in [0, 0.05) is 6.20 Å². The van der Waals surface area contributed by atoms with Gasteiger partial charge >= 0.3 is 0 Å². The Kier molecular flexibility index (Phi) is 6.37. The summed E-state index contributed by atoms with van der Waals surface area (Å²) in [4.78, 5) is 4.21. The maximum atomic E-state index is 5.81. The third kappa shape index (κ3) is 5.09. The molecule has 0 aliphatic heterocycles. The van der Waals surface area contributed by atoms with Crippen molar-refractivity contribution in [2.75, 3.05) is 19.0 Å². The zero-order chi connectivity index (χ0) is 17.5. The molecule has 0 aliphatic carbocycles. The van der Waals surface area contributed by atoms with Gasteiger partial charge in [-0.25, -0.2) is 4.98 Å². The summed E-state index contributed by atoms with van der Waals surface area (Å²) in [6, 6.07) is 9.75. The quantitative estimate of drug-likeness (QED) is 0.782. The Hall–Kier alpha value is -2.34. The average molecular weight is 345 g/mol. The van der Waals surface area contributed by atoms with Crippen molar-refractivity contribution in [2.45, 2.75) is 26.8 Å². The fraction of sp³-hybridized carbons (Fsp3) is 0.333. The average Bonchev–Trinajstić information content (AvgIpc) is 2.56. The lowest BCUT2D eigenvalue weighted by Crippen LogP contribution is -2.39. The molecule has 0 unspecified atom stereocenters. The van der Waals surface area contributed by atoms with E-state index in [1.807, 2.05) is 25.1 Å². The maximum Gasteiger partial charge on any atom is 0.174 e. The highest BCUT2D eigenvalue weighted by Crippen LogP contribution is 2.20. The standard InChI is InChI=1S/C18H23N3O2S/c1-12-7-8-15(10-13(12)2)23-11-14(3)20-18(24)21-17-16(22-4)6-5-9-19-17/h5-10,14H,11H2,1-4H3,(H2,19,20,21,24)/t14-/m0/s1. The van der Waals surface area contributed by atoms with E-state index in [4.69, 9.17) is 21.7 Å². The second-order valence-corrected chi connectivity index (χ2v) is 6.02. The summed E-state index contributed by atoms with van der Waals surface area (Å²) in [5.41, 5.74) is 2.47. The Labute approximate surface area is 148 Å². The minimum atomic E-state index is 0.0429. The second kappa shape index (κ2) is 8.49. The minimum absolute atomic E-state index is 0.0429. The van der Waals surface area contributed by atoms with Gasteiger partial charge in [0.25, 0.3) is 0 Å². The van der Waals surface area contributed by atoms with Gasteiger partial charge in [0.1, 0.15) is 12.4 Å². The zero-order valence-corrected chi connectivity index (χ0v) is 15.2. The first kappa shape index (κ1) is 18.0. The summed E-state index contributed by atoms with van der Waals surface area (Å²) < 4.78 is 11.0. The first-order chi connectivity index (χ1) is 11.5. The van der Waals surface area contributed by atoms with Crippen LogP contribution < -0.4 is 20.1 Å². The molecule has 24 heavy (non-hydrogen) atoms. The zero-order valence-electron chi connectivity index (χ0n) is 14.4. The normalized spacial score (nSPS) is 11.5. The number of nitrogens with zero attached hydrogens (tertiary/aromatic N) is 1. The number of hydrogen-bond acceptors (Lipinski definition) is 4. The molecule has 1 aromatic carbocycles. The summed E-state index contributed by atoms with van der Waals surface area (Å²) in [5, 5.41) is 6.69. The van der Waals surface area contributed by atoms with Crippen molar-refractivity contribution in [1.29, 1.82) is 0 Å². The third-order valence-corrected chi connectivity index (χ3v) is 3.80. The van der Waals surface area contributed by atoms with Crippen LogP contribution in [0, 0.1) is 13.8 Å². The summed E-state index contributed by atoms with van der Waals surface area (Å²) in [6.45, 7) is 6.66. The predicted octanol–water partition coefficient (Wildman–Crippen LogP) is 3.46. The van der Waals surface area contributed by atoms with Crippen LogP contribution in [0.3, 0.4) is 0 Å². The predicted molar refractivity (Wildman–Crippen MR) is 101 cm³/mol. The van der Waals surface area contributed by atoms with E-state index in [1.165, 1.54) is 11.1 Å². The number of hydrogen-bond donors (Lipinski definition) is 2. The molecule has 1 heterocycles. The molecular weight excluding hydrogens is 322 g/mol. The van der Waals surface area contributed by atoms with Gasteiger partial charge in [-0.2, -0.15) is 0 Å². The van der Waals surface area contributed by atoms with E-state index in [2.05, 4.69) is 35.5 Å². The SMILES string of the molecule is COc1cccnc1NC(=S)N[C@@H](C)COc1ccc(C)c(C)c1. The van der Waals surface area contributed by atoms with Crippen LogP contribution in [0.15, 0.2) is 36.5 Å². The molecule has 1 aromatic heterocycles. The Morgan fingerprint density at radius 1 is 1.25 bits per heavy atom. The number of anilines is 1. The molecule has 0 fully saturated rings. The van der Waals surface area contributed by atoms with Gasteiger partial charge < -0.3 is 20.1 Å². The number of pyridine rings is 1. The second-order valence-electron chi connectivity index (χ2n) is 5.61. The molecule has 5 nitrogen and oxygen atoms in total. The van der Waals surface area contributed by atoms with Crippen LogP contribution >= 0.6 is 12.2 Å². The topological polar surface area (TPSA) is 55.4 Å². The molecule has 0 saturated heterocycles. The highest BCUT2D eigenvalue weighted by Gasteiger charge is 2.09. The molecular formula is C18H23N3O2S. The summed E-state index contributed by atoms with van der Waals surface area (Å²) in [6.07, 6.45) is 1.68. The summed E-state index contributed by atoms with van der Waals surface area (Å²) >= 11 is 5.32. The number of nitrogens with one attached hydrogen (secondary N) is 2. The number of aromatic nitrogens is 1. The summed E-state index contributed by atoms with van der Waals surface area (Å²) in [5.74, 6) is 2.08. The van der Waals surface area contributed by atoms with Crippen molar-refractivity contribution in [3.63, 3.8) is 0 Å². The van der Waals surface area contributed by atoms with E-state index < -0.39 is 0 Å². The molecule has 0 bridgehead atoms. The van der Waals surface area contributed by atoms with Crippen molar-refractivity contribution in [3.05, 3.63) is 47.7 Å². The molecule has 0 saturated carbocycles. The first-order valence-corrected chi connectivity index (χ1v) is 8.17. The van der Waals surface area contributed by atoms with E-state index in [9.17, 15) is 0 Å². The number of thiocarbonyl (C=S) groups is 1. The molecule has 128 valence electrons.